The summed E-state index contributed by atoms with van der Waals surface area (Å²) >= 11 is 5.75. The van der Waals surface area contributed by atoms with Crippen molar-refractivity contribution < 1.29 is 4.39 Å². The van der Waals surface area contributed by atoms with Crippen LogP contribution in [0.2, 0.25) is 5.02 Å². The van der Waals surface area contributed by atoms with Crippen LogP contribution in [0.15, 0.2) is 18.2 Å². The van der Waals surface area contributed by atoms with E-state index < -0.39 is 0 Å². The second-order valence-corrected chi connectivity index (χ2v) is 5.75. The van der Waals surface area contributed by atoms with Gasteiger partial charge in [-0.2, -0.15) is 0 Å². The van der Waals surface area contributed by atoms with Gasteiger partial charge in [-0.25, -0.2) is 4.39 Å². The fourth-order valence-electron chi connectivity index (χ4n) is 2.67. The van der Waals surface area contributed by atoms with Gasteiger partial charge in [-0.1, -0.05) is 30.5 Å². The molecule has 1 fully saturated rings. The standard InChI is InChI=1S/C15H22ClFN2/c1-19(13-4-2-3-5-13)9-8-18-11-12-6-7-15(17)14(16)10-12/h6-7,10,13,18H,2-5,8-9,11H2,1H3. The van der Waals surface area contributed by atoms with Gasteiger partial charge in [0.15, 0.2) is 0 Å². The molecule has 2 rings (SSSR count). The van der Waals surface area contributed by atoms with E-state index in [0.717, 1.165) is 31.2 Å². The first-order chi connectivity index (χ1) is 9.16. The van der Waals surface area contributed by atoms with Gasteiger partial charge in [0.2, 0.25) is 0 Å². The average molecular weight is 285 g/mol. The summed E-state index contributed by atoms with van der Waals surface area (Å²) in [6.45, 7) is 2.74. The van der Waals surface area contributed by atoms with Crippen molar-refractivity contribution in [3.8, 4) is 0 Å². The van der Waals surface area contributed by atoms with Crippen LogP contribution in [0.3, 0.4) is 0 Å². The maximum atomic E-state index is 13.0. The number of likely N-dealkylation sites (N-methyl/N-ethyl adjacent to an activating group) is 1. The quantitative estimate of drug-likeness (QED) is 0.805. The molecule has 1 aromatic rings. The van der Waals surface area contributed by atoms with Crippen LogP contribution in [-0.4, -0.2) is 31.1 Å². The van der Waals surface area contributed by atoms with Gasteiger partial charge in [-0.15, -0.1) is 0 Å². The summed E-state index contributed by atoms with van der Waals surface area (Å²) in [5.74, 6) is -0.355. The first-order valence-electron chi connectivity index (χ1n) is 7.01. The van der Waals surface area contributed by atoms with Gasteiger partial charge in [0, 0.05) is 25.7 Å². The lowest BCUT2D eigenvalue weighted by Crippen LogP contribution is -2.35. The maximum Gasteiger partial charge on any atom is 0.141 e. The van der Waals surface area contributed by atoms with Crippen molar-refractivity contribution in [3.63, 3.8) is 0 Å². The minimum atomic E-state index is -0.355. The van der Waals surface area contributed by atoms with E-state index in [0.29, 0.717) is 0 Å². The lowest BCUT2D eigenvalue weighted by Gasteiger charge is -2.24. The van der Waals surface area contributed by atoms with Crippen molar-refractivity contribution in [3.05, 3.63) is 34.6 Å². The Labute approximate surface area is 119 Å². The molecule has 106 valence electrons. The number of hydrogen-bond acceptors (Lipinski definition) is 2. The Morgan fingerprint density at radius 1 is 1.37 bits per heavy atom. The van der Waals surface area contributed by atoms with E-state index in [1.54, 1.807) is 12.1 Å². The van der Waals surface area contributed by atoms with Crippen molar-refractivity contribution in [2.45, 2.75) is 38.3 Å². The SMILES string of the molecule is CN(CCNCc1ccc(F)c(Cl)c1)C1CCCC1. The van der Waals surface area contributed by atoms with Gasteiger partial charge in [0.1, 0.15) is 5.82 Å². The van der Waals surface area contributed by atoms with Crippen molar-refractivity contribution >= 4 is 11.6 Å². The van der Waals surface area contributed by atoms with Crippen LogP contribution in [0.1, 0.15) is 31.2 Å². The lowest BCUT2D eigenvalue weighted by molar-refractivity contribution is 0.245. The normalized spacial score (nSPS) is 16.4. The molecule has 0 unspecified atom stereocenters. The van der Waals surface area contributed by atoms with Crippen LogP contribution < -0.4 is 5.32 Å². The van der Waals surface area contributed by atoms with E-state index in [9.17, 15) is 4.39 Å². The van der Waals surface area contributed by atoms with E-state index in [1.807, 2.05) is 0 Å². The van der Waals surface area contributed by atoms with Crippen LogP contribution in [-0.2, 0) is 6.54 Å². The highest BCUT2D eigenvalue weighted by atomic mass is 35.5. The Morgan fingerprint density at radius 3 is 2.79 bits per heavy atom. The number of rotatable bonds is 6. The Hall–Kier alpha value is -0.640. The predicted molar refractivity (Wildman–Crippen MR) is 78.0 cm³/mol. The van der Waals surface area contributed by atoms with Crippen LogP contribution in [0.5, 0.6) is 0 Å². The first-order valence-corrected chi connectivity index (χ1v) is 7.39. The highest BCUT2D eigenvalue weighted by Gasteiger charge is 2.18. The highest BCUT2D eigenvalue weighted by molar-refractivity contribution is 6.30. The summed E-state index contributed by atoms with van der Waals surface area (Å²) in [5, 5.41) is 3.58. The summed E-state index contributed by atoms with van der Waals surface area (Å²) in [7, 11) is 2.20. The Kier molecular flexibility index (Phi) is 5.61. The van der Waals surface area contributed by atoms with Crippen LogP contribution >= 0.6 is 11.6 Å². The minimum Gasteiger partial charge on any atom is -0.311 e. The van der Waals surface area contributed by atoms with Crippen molar-refractivity contribution in [2.75, 3.05) is 20.1 Å². The minimum absolute atomic E-state index is 0.197. The van der Waals surface area contributed by atoms with Crippen LogP contribution in [0.4, 0.5) is 4.39 Å². The molecule has 0 saturated heterocycles. The van der Waals surface area contributed by atoms with E-state index in [-0.39, 0.29) is 10.8 Å². The second-order valence-electron chi connectivity index (χ2n) is 5.34. The molecular weight excluding hydrogens is 263 g/mol. The third-order valence-electron chi connectivity index (χ3n) is 3.90. The molecular formula is C15H22ClFN2. The van der Waals surface area contributed by atoms with Gasteiger partial charge in [-0.05, 0) is 37.6 Å². The molecule has 0 aliphatic heterocycles. The van der Waals surface area contributed by atoms with Gasteiger partial charge < -0.3 is 10.2 Å². The topological polar surface area (TPSA) is 15.3 Å². The Bertz CT molecular complexity index is 405. The summed E-state index contributed by atoms with van der Waals surface area (Å²) < 4.78 is 13.0. The average Bonchev–Trinajstić information content (AvgIpc) is 2.92. The monoisotopic (exact) mass is 284 g/mol. The third-order valence-corrected chi connectivity index (χ3v) is 4.19. The molecule has 1 N–H and O–H groups in total. The molecule has 4 heteroatoms. The zero-order valence-electron chi connectivity index (χ0n) is 11.5. The summed E-state index contributed by atoms with van der Waals surface area (Å²) in [5.41, 5.74) is 1.02. The molecule has 19 heavy (non-hydrogen) atoms. The summed E-state index contributed by atoms with van der Waals surface area (Å²) in [6, 6.07) is 5.64. The maximum absolute atomic E-state index is 13.0. The van der Waals surface area contributed by atoms with E-state index >= 15 is 0 Å². The number of nitrogens with one attached hydrogen (secondary N) is 1. The largest absolute Gasteiger partial charge is 0.311 e. The fraction of sp³-hybridized carbons (Fsp3) is 0.600. The van der Waals surface area contributed by atoms with Crippen molar-refractivity contribution in [1.82, 2.24) is 10.2 Å². The molecule has 1 aliphatic rings. The Balaban J connectivity index is 1.67. The van der Waals surface area contributed by atoms with Gasteiger partial charge in [-0.3, -0.25) is 0 Å². The van der Waals surface area contributed by atoms with Gasteiger partial charge in [0.25, 0.3) is 0 Å². The Morgan fingerprint density at radius 2 is 2.11 bits per heavy atom. The van der Waals surface area contributed by atoms with E-state index in [2.05, 4.69) is 17.3 Å². The van der Waals surface area contributed by atoms with Gasteiger partial charge in [0.05, 0.1) is 5.02 Å². The first kappa shape index (κ1) is 14.8. The molecule has 0 bridgehead atoms. The smallest absolute Gasteiger partial charge is 0.141 e. The molecule has 0 amide bonds. The molecule has 0 atom stereocenters. The summed E-state index contributed by atoms with van der Waals surface area (Å²) in [6.07, 6.45) is 5.42. The van der Waals surface area contributed by atoms with Crippen LogP contribution in [0, 0.1) is 5.82 Å². The second kappa shape index (κ2) is 7.22. The van der Waals surface area contributed by atoms with Crippen LogP contribution in [0.25, 0.3) is 0 Å². The third kappa shape index (κ3) is 4.44. The van der Waals surface area contributed by atoms with Crippen molar-refractivity contribution in [1.29, 1.82) is 0 Å². The van der Waals surface area contributed by atoms with Gasteiger partial charge >= 0.3 is 0 Å². The molecule has 0 radical (unpaired) electrons. The summed E-state index contributed by atoms with van der Waals surface area (Å²) in [4.78, 5) is 2.44. The number of nitrogens with zero attached hydrogens (tertiary/aromatic N) is 1. The molecule has 0 spiro atoms. The number of hydrogen-bond donors (Lipinski definition) is 1. The molecule has 0 heterocycles. The zero-order chi connectivity index (χ0) is 13.7. The molecule has 2 nitrogen and oxygen atoms in total. The number of benzene rings is 1. The highest BCUT2D eigenvalue weighted by Crippen LogP contribution is 2.21. The molecule has 1 aromatic carbocycles. The zero-order valence-corrected chi connectivity index (χ0v) is 12.2. The predicted octanol–water partition coefficient (Wildman–Crippen LogP) is 3.44. The number of halogens is 2. The van der Waals surface area contributed by atoms with Crippen molar-refractivity contribution in [2.24, 2.45) is 0 Å². The van der Waals surface area contributed by atoms with E-state index in [1.165, 1.54) is 31.7 Å². The lowest BCUT2D eigenvalue weighted by atomic mass is 10.2. The molecule has 1 saturated carbocycles. The fourth-order valence-corrected chi connectivity index (χ4v) is 2.87. The molecule has 0 aromatic heterocycles. The van der Waals surface area contributed by atoms with E-state index in [4.69, 9.17) is 11.6 Å². The molecule has 1 aliphatic carbocycles.